The summed E-state index contributed by atoms with van der Waals surface area (Å²) in [6.07, 6.45) is 0. The van der Waals surface area contributed by atoms with E-state index >= 15 is 0 Å². The van der Waals surface area contributed by atoms with Crippen LogP contribution in [0.3, 0.4) is 0 Å². The second kappa shape index (κ2) is 5.51. The highest BCUT2D eigenvalue weighted by atomic mass is 32.2. The molecule has 0 bridgehead atoms. The number of aliphatic carboxylic acids is 1. The summed E-state index contributed by atoms with van der Waals surface area (Å²) in [6.45, 7) is 0.183. The molecule has 1 fully saturated rings. The third-order valence-corrected chi connectivity index (χ3v) is 7.20. The summed E-state index contributed by atoms with van der Waals surface area (Å²) in [7, 11) is -3.89. The molecule has 24 heavy (non-hydrogen) atoms. The van der Waals surface area contributed by atoms with Gasteiger partial charge in [-0.3, -0.25) is 0 Å². The highest BCUT2D eigenvalue weighted by Crippen LogP contribution is 2.34. The summed E-state index contributed by atoms with van der Waals surface area (Å²) in [5.41, 5.74) is 1.15. The van der Waals surface area contributed by atoms with Crippen LogP contribution in [0.5, 0.6) is 0 Å². The molecule has 1 aliphatic rings. The van der Waals surface area contributed by atoms with Gasteiger partial charge >= 0.3 is 5.97 Å². The Morgan fingerprint density at radius 2 is 1.92 bits per heavy atom. The van der Waals surface area contributed by atoms with Crippen molar-refractivity contribution in [3.05, 3.63) is 42.5 Å². The lowest BCUT2D eigenvalue weighted by Crippen LogP contribution is -2.39. The number of sulfonamides is 1. The molecule has 6 nitrogen and oxygen atoms in total. The number of hydrogen-bond acceptors (Lipinski definition) is 5. The molecule has 2 aromatic carbocycles. The van der Waals surface area contributed by atoms with Crippen molar-refractivity contribution in [1.29, 1.82) is 0 Å². The minimum atomic E-state index is -3.89. The van der Waals surface area contributed by atoms with Gasteiger partial charge in [0.15, 0.2) is 5.37 Å². The van der Waals surface area contributed by atoms with Crippen LogP contribution >= 0.6 is 11.8 Å². The van der Waals surface area contributed by atoms with Crippen molar-refractivity contribution in [2.45, 2.75) is 10.3 Å². The van der Waals surface area contributed by atoms with E-state index in [2.05, 4.69) is 0 Å². The summed E-state index contributed by atoms with van der Waals surface area (Å²) in [5.74, 6) is -0.686. The molecule has 0 spiro atoms. The van der Waals surface area contributed by atoms with Gasteiger partial charge in [-0.1, -0.05) is 18.2 Å². The Morgan fingerprint density at radius 3 is 2.71 bits per heavy atom. The van der Waals surface area contributed by atoms with Crippen molar-refractivity contribution in [1.82, 2.24) is 4.31 Å². The van der Waals surface area contributed by atoms with Gasteiger partial charge in [-0.15, -0.1) is 11.8 Å². The lowest BCUT2D eigenvalue weighted by Gasteiger charge is -2.19. The Hall–Kier alpha value is -2.03. The SMILES string of the molecule is O=C(O)[C@H]1SCCN1S(=O)(=O)c1ccc2c(c1)oc1ccccc12. The van der Waals surface area contributed by atoms with Crippen LogP contribution in [-0.2, 0) is 14.8 Å². The first kappa shape index (κ1) is 15.5. The standard InChI is InChI=1S/C16H13NO5S2/c18-16(19)15-17(7-8-23-15)24(20,21)10-5-6-12-11-3-1-2-4-13(11)22-14(12)9-10/h1-6,9,15H,7-8H2,(H,18,19)/t15-/m1/s1. The predicted octanol–water partition coefficient (Wildman–Crippen LogP) is 2.73. The van der Waals surface area contributed by atoms with Crippen LogP contribution in [0.1, 0.15) is 0 Å². The number of carboxylic acids is 1. The van der Waals surface area contributed by atoms with Gasteiger partial charge in [0.05, 0.1) is 4.90 Å². The van der Waals surface area contributed by atoms with E-state index in [1.54, 1.807) is 6.07 Å². The number of nitrogens with zero attached hydrogens (tertiary/aromatic N) is 1. The fraction of sp³-hybridized carbons (Fsp3) is 0.188. The van der Waals surface area contributed by atoms with Crippen molar-refractivity contribution in [2.24, 2.45) is 0 Å². The van der Waals surface area contributed by atoms with Crippen molar-refractivity contribution >= 4 is 49.7 Å². The molecule has 0 saturated carbocycles. The van der Waals surface area contributed by atoms with Crippen molar-refractivity contribution in [2.75, 3.05) is 12.3 Å². The van der Waals surface area contributed by atoms with Crippen LogP contribution in [0, 0.1) is 0 Å². The maximum absolute atomic E-state index is 12.8. The third kappa shape index (κ3) is 2.29. The zero-order chi connectivity index (χ0) is 16.9. The van der Waals surface area contributed by atoms with Crippen molar-refractivity contribution in [3.8, 4) is 0 Å². The van der Waals surface area contributed by atoms with Crippen LogP contribution in [-0.4, -0.2) is 41.5 Å². The molecule has 1 saturated heterocycles. The molecule has 0 unspecified atom stereocenters. The second-order valence-corrected chi connectivity index (χ2v) is 8.51. The maximum atomic E-state index is 12.8. The highest BCUT2D eigenvalue weighted by molar-refractivity contribution is 8.02. The molecule has 8 heteroatoms. The molecule has 2 heterocycles. The normalized spacial score (nSPS) is 19.2. The van der Waals surface area contributed by atoms with E-state index in [9.17, 15) is 18.3 Å². The Morgan fingerprint density at radius 1 is 1.17 bits per heavy atom. The quantitative estimate of drug-likeness (QED) is 0.770. The molecule has 4 rings (SSSR count). The zero-order valence-electron chi connectivity index (χ0n) is 12.4. The molecule has 0 amide bonds. The Balaban J connectivity index is 1.83. The van der Waals surface area contributed by atoms with E-state index in [1.165, 1.54) is 12.1 Å². The Bertz CT molecular complexity index is 1060. The van der Waals surface area contributed by atoms with Crippen LogP contribution < -0.4 is 0 Å². The van der Waals surface area contributed by atoms with Crippen LogP contribution in [0.15, 0.2) is 51.8 Å². The first-order chi connectivity index (χ1) is 11.5. The van der Waals surface area contributed by atoms with E-state index in [-0.39, 0.29) is 11.4 Å². The second-order valence-electron chi connectivity index (χ2n) is 5.43. The highest BCUT2D eigenvalue weighted by Gasteiger charge is 2.40. The number of carbonyl (C=O) groups is 1. The Labute approximate surface area is 142 Å². The van der Waals surface area contributed by atoms with Crippen molar-refractivity contribution < 1.29 is 22.7 Å². The first-order valence-corrected chi connectivity index (χ1v) is 9.75. The van der Waals surface area contributed by atoms with Gasteiger partial charge in [0.1, 0.15) is 11.2 Å². The third-order valence-electron chi connectivity index (χ3n) is 4.02. The van der Waals surface area contributed by atoms with E-state index < -0.39 is 21.4 Å². The number of carboxylic acid groups (broad SMARTS) is 1. The zero-order valence-corrected chi connectivity index (χ0v) is 14.0. The average Bonchev–Trinajstić information content (AvgIpc) is 3.19. The number of hydrogen-bond donors (Lipinski definition) is 1. The number of furan rings is 1. The smallest absolute Gasteiger partial charge is 0.332 e. The van der Waals surface area contributed by atoms with Crippen LogP contribution in [0.2, 0.25) is 0 Å². The molecule has 1 atom stereocenters. The summed E-state index contributed by atoms with van der Waals surface area (Å²) in [4.78, 5) is 11.3. The number of benzene rings is 2. The molecular weight excluding hydrogens is 350 g/mol. The largest absolute Gasteiger partial charge is 0.479 e. The summed E-state index contributed by atoms with van der Waals surface area (Å²) < 4.78 is 32.4. The van der Waals surface area contributed by atoms with Gasteiger partial charge in [-0.2, -0.15) is 4.31 Å². The fourth-order valence-electron chi connectivity index (χ4n) is 2.90. The van der Waals surface area contributed by atoms with E-state index in [0.29, 0.717) is 16.9 Å². The molecule has 1 aliphatic heterocycles. The minimum Gasteiger partial charge on any atom is -0.479 e. The lowest BCUT2D eigenvalue weighted by atomic mass is 10.2. The molecule has 3 aromatic rings. The summed E-state index contributed by atoms with van der Waals surface area (Å²) >= 11 is 1.11. The molecule has 0 aliphatic carbocycles. The lowest BCUT2D eigenvalue weighted by molar-refractivity contribution is -0.138. The first-order valence-electron chi connectivity index (χ1n) is 7.26. The molecule has 1 aromatic heterocycles. The Kier molecular flexibility index (Phi) is 3.56. The topological polar surface area (TPSA) is 87.8 Å². The molecular formula is C16H13NO5S2. The maximum Gasteiger partial charge on any atom is 0.332 e. The predicted molar refractivity (Wildman–Crippen MR) is 91.5 cm³/mol. The summed E-state index contributed by atoms with van der Waals surface area (Å²) in [6, 6.07) is 12.1. The van der Waals surface area contributed by atoms with Gasteiger partial charge in [0, 0.05) is 29.1 Å². The van der Waals surface area contributed by atoms with E-state index in [1.807, 2.05) is 24.3 Å². The molecule has 1 N–H and O–H groups in total. The van der Waals surface area contributed by atoms with E-state index in [4.69, 9.17) is 4.42 Å². The average molecular weight is 363 g/mol. The minimum absolute atomic E-state index is 0.0443. The molecule has 124 valence electrons. The number of para-hydroxylation sites is 1. The number of thioether (sulfide) groups is 1. The van der Waals surface area contributed by atoms with Crippen molar-refractivity contribution in [3.63, 3.8) is 0 Å². The van der Waals surface area contributed by atoms with Gasteiger partial charge in [-0.05, 0) is 18.2 Å². The summed E-state index contributed by atoms with van der Waals surface area (Å²) in [5, 5.41) is 9.88. The monoisotopic (exact) mass is 363 g/mol. The van der Waals surface area contributed by atoms with E-state index in [0.717, 1.165) is 26.8 Å². The fourth-order valence-corrected chi connectivity index (χ4v) is 5.92. The van der Waals surface area contributed by atoms with Gasteiger partial charge in [-0.25, -0.2) is 13.2 Å². The molecule has 0 radical (unpaired) electrons. The van der Waals surface area contributed by atoms with Gasteiger partial charge in [0.25, 0.3) is 0 Å². The number of rotatable bonds is 3. The van der Waals surface area contributed by atoms with Crippen LogP contribution in [0.4, 0.5) is 0 Å². The van der Waals surface area contributed by atoms with Crippen LogP contribution in [0.25, 0.3) is 21.9 Å². The number of fused-ring (bicyclic) bond motifs is 3. The van der Waals surface area contributed by atoms with Gasteiger partial charge in [0.2, 0.25) is 10.0 Å². The van der Waals surface area contributed by atoms with Gasteiger partial charge < -0.3 is 9.52 Å².